The fourth-order valence-electron chi connectivity index (χ4n) is 2.65. The van der Waals surface area contributed by atoms with Crippen molar-refractivity contribution in [1.82, 2.24) is 9.62 Å². The van der Waals surface area contributed by atoms with E-state index in [4.69, 9.17) is 0 Å². The highest BCUT2D eigenvalue weighted by Gasteiger charge is 2.32. The number of sulfonamides is 1. The van der Waals surface area contributed by atoms with E-state index < -0.39 is 10.0 Å². The summed E-state index contributed by atoms with van der Waals surface area (Å²) in [6.45, 7) is 4.59. The van der Waals surface area contributed by atoms with Gasteiger partial charge in [-0.05, 0) is 57.0 Å². The van der Waals surface area contributed by atoms with E-state index in [0.717, 1.165) is 24.0 Å². The van der Waals surface area contributed by atoms with Gasteiger partial charge in [-0.3, -0.25) is 4.79 Å². The molecule has 2 rings (SSSR count). The molecule has 1 heterocycles. The van der Waals surface area contributed by atoms with Crippen molar-refractivity contribution in [2.45, 2.75) is 32.7 Å². The predicted octanol–water partition coefficient (Wildman–Crippen LogP) is 1.46. The van der Waals surface area contributed by atoms with Gasteiger partial charge in [0.25, 0.3) is 5.91 Å². The number of amides is 1. The first-order valence-electron chi connectivity index (χ1n) is 7.13. The van der Waals surface area contributed by atoms with Crippen molar-refractivity contribution in [2.24, 2.45) is 0 Å². The highest BCUT2D eigenvalue weighted by molar-refractivity contribution is 7.89. The number of hydrogen-bond acceptors (Lipinski definition) is 3. The molecule has 21 heavy (non-hydrogen) atoms. The third kappa shape index (κ3) is 3.63. The molecule has 116 valence electrons. The van der Waals surface area contributed by atoms with E-state index in [0.29, 0.717) is 12.1 Å². The van der Waals surface area contributed by atoms with E-state index in [2.05, 4.69) is 4.72 Å². The fraction of sp³-hybridized carbons (Fsp3) is 0.533. The molecule has 1 atom stereocenters. The molecule has 1 aromatic rings. The maximum atomic E-state index is 12.6. The van der Waals surface area contributed by atoms with Crippen LogP contribution in [0.3, 0.4) is 0 Å². The van der Waals surface area contributed by atoms with E-state index in [-0.39, 0.29) is 17.7 Å². The molecule has 0 unspecified atom stereocenters. The number of benzene rings is 1. The molecule has 0 saturated carbocycles. The minimum Gasteiger partial charge on any atom is -0.335 e. The summed E-state index contributed by atoms with van der Waals surface area (Å²) in [4.78, 5) is 14.3. The lowest BCUT2D eigenvalue weighted by atomic mass is 10.1. The highest BCUT2D eigenvalue weighted by Crippen LogP contribution is 2.22. The maximum Gasteiger partial charge on any atom is 0.254 e. The molecular weight excluding hydrogens is 288 g/mol. The first kappa shape index (κ1) is 16.0. The van der Waals surface area contributed by atoms with Crippen LogP contribution in [0.1, 0.15) is 34.3 Å². The average molecular weight is 310 g/mol. The van der Waals surface area contributed by atoms with Gasteiger partial charge < -0.3 is 4.90 Å². The number of carbonyl (C=O) groups is 1. The SMILES string of the molecule is CNS(=O)(=O)C[C@H]1CCCN1C(=O)c1ccc(C)c(C)c1. The molecule has 6 heteroatoms. The molecule has 1 aliphatic heterocycles. The van der Waals surface area contributed by atoms with Crippen LogP contribution < -0.4 is 4.72 Å². The molecule has 0 spiro atoms. The molecule has 5 nitrogen and oxygen atoms in total. The van der Waals surface area contributed by atoms with Crippen LogP contribution in [0.5, 0.6) is 0 Å². The van der Waals surface area contributed by atoms with Crippen LogP contribution in [-0.2, 0) is 10.0 Å². The molecule has 1 aromatic carbocycles. The third-order valence-electron chi connectivity index (χ3n) is 4.11. The van der Waals surface area contributed by atoms with Crippen LogP contribution in [0.4, 0.5) is 0 Å². The van der Waals surface area contributed by atoms with E-state index in [1.165, 1.54) is 7.05 Å². The Morgan fingerprint density at radius 2 is 2.05 bits per heavy atom. The highest BCUT2D eigenvalue weighted by atomic mass is 32.2. The van der Waals surface area contributed by atoms with Crippen LogP contribution in [0.2, 0.25) is 0 Å². The van der Waals surface area contributed by atoms with E-state index >= 15 is 0 Å². The van der Waals surface area contributed by atoms with E-state index in [1.54, 1.807) is 4.90 Å². The number of nitrogens with zero attached hydrogens (tertiary/aromatic N) is 1. The first-order chi connectivity index (χ1) is 9.84. The van der Waals surface area contributed by atoms with Gasteiger partial charge in [0.2, 0.25) is 10.0 Å². The predicted molar refractivity (Wildman–Crippen MR) is 82.8 cm³/mol. The summed E-state index contributed by atoms with van der Waals surface area (Å²) in [7, 11) is -1.91. The zero-order chi connectivity index (χ0) is 15.6. The summed E-state index contributed by atoms with van der Waals surface area (Å²) in [5.74, 6) is -0.105. The topological polar surface area (TPSA) is 66.5 Å². The average Bonchev–Trinajstić information content (AvgIpc) is 2.88. The number of aryl methyl sites for hydroxylation is 2. The minimum atomic E-state index is -3.31. The minimum absolute atomic E-state index is 0.0277. The first-order valence-corrected chi connectivity index (χ1v) is 8.79. The van der Waals surface area contributed by atoms with Crippen molar-refractivity contribution in [2.75, 3.05) is 19.3 Å². The summed E-state index contributed by atoms with van der Waals surface area (Å²) in [5, 5.41) is 0. The molecule has 1 saturated heterocycles. The van der Waals surface area contributed by atoms with Crippen molar-refractivity contribution in [3.8, 4) is 0 Å². The Balaban J connectivity index is 2.19. The largest absolute Gasteiger partial charge is 0.335 e. The second-order valence-electron chi connectivity index (χ2n) is 5.58. The Morgan fingerprint density at radius 1 is 1.33 bits per heavy atom. The Morgan fingerprint density at radius 3 is 2.67 bits per heavy atom. The lowest BCUT2D eigenvalue weighted by Gasteiger charge is -2.24. The monoisotopic (exact) mass is 310 g/mol. The molecule has 1 amide bonds. The van der Waals surface area contributed by atoms with Gasteiger partial charge in [0, 0.05) is 18.2 Å². The van der Waals surface area contributed by atoms with Crippen LogP contribution in [0.15, 0.2) is 18.2 Å². The van der Waals surface area contributed by atoms with Gasteiger partial charge in [-0.1, -0.05) is 6.07 Å². The normalized spacial score (nSPS) is 19.0. The van der Waals surface area contributed by atoms with Gasteiger partial charge in [0.1, 0.15) is 0 Å². The molecule has 1 N–H and O–H groups in total. The van der Waals surface area contributed by atoms with Crippen molar-refractivity contribution in [3.05, 3.63) is 34.9 Å². The van der Waals surface area contributed by atoms with Crippen molar-refractivity contribution in [3.63, 3.8) is 0 Å². The molecule has 0 radical (unpaired) electrons. The number of nitrogens with one attached hydrogen (secondary N) is 1. The standard InChI is InChI=1S/C15H22N2O3S/c1-11-6-7-13(9-12(11)2)15(18)17-8-4-5-14(17)10-21(19,20)16-3/h6-7,9,14,16H,4-5,8,10H2,1-3H3/t14-/m1/s1. The van der Waals surface area contributed by atoms with E-state index in [9.17, 15) is 13.2 Å². The van der Waals surface area contributed by atoms with Gasteiger partial charge >= 0.3 is 0 Å². The fourth-order valence-corrected chi connectivity index (χ4v) is 3.67. The summed E-state index contributed by atoms with van der Waals surface area (Å²) in [5.41, 5.74) is 2.84. The molecule has 0 bridgehead atoms. The lowest BCUT2D eigenvalue weighted by molar-refractivity contribution is 0.0749. The molecule has 1 aliphatic rings. The lowest BCUT2D eigenvalue weighted by Crippen LogP contribution is -2.41. The smallest absolute Gasteiger partial charge is 0.254 e. The van der Waals surface area contributed by atoms with E-state index in [1.807, 2.05) is 32.0 Å². The van der Waals surface area contributed by atoms with Gasteiger partial charge in [0.05, 0.1) is 5.75 Å². The second kappa shape index (κ2) is 6.15. The van der Waals surface area contributed by atoms with Gasteiger partial charge in [-0.2, -0.15) is 0 Å². The zero-order valence-corrected chi connectivity index (χ0v) is 13.5. The summed E-state index contributed by atoms with van der Waals surface area (Å²) >= 11 is 0. The third-order valence-corrected chi connectivity index (χ3v) is 5.56. The van der Waals surface area contributed by atoms with Gasteiger partial charge in [-0.15, -0.1) is 0 Å². The number of hydrogen-bond donors (Lipinski definition) is 1. The molecular formula is C15H22N2O3S. The molecule has 1 fully saturated rings. The Labute approximate surface area is 126 Å². The number of rotatable bonds is 4. The van der Waals surface area contributed by atoms with Crippen LogP contribution in [0, 0.1) is 13.8 Å². The Kier molecular flexibility index (Phi) is 4.68. The number of likely N-dealkylation sites (tertiary alicyclic amines) is 1. The summed E-state index contributed by atoms with van der Waals surface area (Å²) in [6, 6.07) is 5.38. The van der Waals surface area contributed by atoms with Crippen LogP contribution in [-0.4, -0.2) is 44.6 Å². The quantitative estimate of drug-likeness (QED) is 0.915. The number of carbonyl (C=O) groups excluding carboxylic acids is 1. The van der Waals surface area contributed by atoms with Gasteiger partial charge in [0.15, 0.2) is 0 Å². The van der Waals surface area contributed by atoms with Crippen molar-refractivity contribution >= 4 is 15.9 Å². The zero-order valence-electron chi connectivity index (χ0n) is 12.7. The molecule has 0 aliphatic carbocycles. The maximum absolute atomic E-state index is 12.6. The second-order valence-corrected chi connectivity index (χ2v) is 7.55. The summed E-state index contributed by atoms with van der Waals surface area (Å²) in [6.07, 6.45) is 1.58. The van der Waals surface area contributed by atoms with Crippen LogP contribution in [0.25, 0.3) is 0 Å². The molecule has 0 aromatic heterocycles. The van der Waals surface area contributed by atoms with Crippen molar-refractivity contribution < 1.29 is 13.2 Å². The summed E-state index contributed by atoms with van der Waals surface area (Å²) < 4.78 is 25.7. The Bertz CT molecular complexity index is 640. The van der Waals surface area contributed by atoms with Crippen LogP contribution >= 0.6 is 0 Å². The van der Waals surface area contributed by atoms with Gasteiger partial charge in [-0.25, -0.2) is 13.1 Å². The van der Waals surface area contributed by atoms with Crippen molar-refractivity contribution in [1.29, 1.82) is 0 Å². The Hall–Kier alpha value is -1.40.